The van der Waals surface area contributed by atoms with Crippen LogP contribution >= 0.6 is 11.8 Å². The molecule has 3 heterocycles. The van der Waals surface area contributed by atoms with Crippen molar-refractivity contribution in [3.63, 3.8) is 0 Å². The number of aliphatic hydroxyl groups excluding tert-OH is 7. The molecular formula is C41H42FNO14S. The van der Waals surface area contributed by atoms with Gasteiger partial charge in [0.2, 0.25) is 5.91 Å². The molecule has 0 spiro atoms. The Labute approximate surface area is 335 Å². The highest BCUT2D eigenvalue weighted by atomic mass is 32.2. The molecule has 9 N–H and O–H groups in total. The number of phenolic OH excluding ortho intramolecular Hbond substituents is 1. The molecule has 4 aromatic carbocycles. The summed E-state index contributed by atoms with van der Waals surface area (Å²) in [6, 6.07) is 25.0. The first kappa shape index (κ1) is 41.7. The number of benzene rings is 4. The van der Waals surface area contributed by atoms with Crippen molar-refractivity contribution in [2.75, 3.05) is 17.3 Å². The van der Waals surface area contributed by atoms with E-state index in [1.165, 1.54) is 30.3 Å². The molecule has 3 unspecified atom stereocenters. The molecule has 0 bridgehead atoms. The molecule has 15 nitrogen and oxygen atoms in total. The maximum atomic E-state index is 14.0. The molecule has 0 aliphatic carbocycles. The summed E-state index contributed by atoms with van der Waals surface area (Å²) in [5.41, 5.74) is 3.11. The molecule has 13 atom stereocenters. The number of carboxylic acids is 1. The summed E-state index contributed by atoms with van der Waals surface area (Å²) in [5, 5.41) is 92.0. The van der Waals surface area contributed by atoms with E-state index in [9.17, 15) is 59.9 Å². The summed E-state index contributed by atoms with van der Waals surface area (Å²) >= 11 is 1.14. The second-order valence-corrected chi connectivity index (χ2v) is 15.5. The first-order chi connectivity index (χ1) is 27.8. The minimum Gasteiger partial charge on any atom is -0.508 e. The van der Waals surface area contributed by atoms with Crippen LogP contribution in [0.25, 0.3) is 11.1 Å². The molecule has 3 saturated heterocycles. The lowest BCUT2D eigenvalue weighted by atomic mass is 9.89. The van der Waals surface area contributed by atoms with Crippen molar-refractivity contribution >= 4 is 29.3 Å². The molecule has 3 fully saturated rings. The molecule has 3 aliphatic heterocycles. The number of carboxylic acid groups (broad SMARTS) is 1. The van der Waals surface area contributed by atoms with Gasteiger partial charge in [0.25, 0.3) is 0 Å². The lowest BCUT2D eigenvalue weighted by Gasteiger charge is -2.47. The molecule has 0 radical (unpaired) electrons. The van der Waals surface area contributed by atoms with Gasteiger partial charge in [-0.25, -0.2) is 9.18 Å². The van der Waals surface area contributed by atoms with Crippen molar-refractivity contribution in [1.29, 1.82) is 0 Å². The van der Waals surface area contributed by atoms with Gasteiger partial charge in [-0.05, 0) is 52.6 Å². The lowest BCUT2D eigenvalue weighted by molar-refractivity contribution is -0.303. The van der Waals surface area contributed by atoms with Crippen molar-refractivity contribution in [2.24, 2.45) is 0 Å². The highest BCUT2D eigenvalue weighted by Crippen LogP contribution is 2.49. The number of thioether (sulfide) groups is 1. The standard InChI is InChI=1S/C41H42FNO14S/c42-23-13-10-20(11-14-23)28(56-41-35(51)32(48)34(50)37(57-41)40(53)54)18-58-38-29(43(39(38)52)24-4-2-1-3-5-24)25-15-12-22(16-26(25)45)19-6-8-21(9-7-19)36-33(49)31(47)30(46)27(17-44)55-36/h1-16,27-38,41,44-51H,17-18H2,(H,53,54)/t27-,28+,29-,30-,31+,32+,33-,34-,35?,36?,37?,38-,41-/m1/s1. The number of rotatable bonds is 12. The number of halogens is 1. The Morgan fingerprint density at radius 3 is 2.09 bits per heavy atom. The number of phenols is 1. The normalized spacial score (nSPS) is 31.7. The fourth-order valence-electron chi connectivity index (χ4n) is 7.43. The molecule has 0 saturated carbocycles. The number of aliphatic carboxylic acids is 1. The Morgan fingerprint density at radius 1 is 0.793 bits per heavy atom. The van der Waals surface area contributed by atoms with E-state index in [-0.39, 0.29) is 17.4 Å². The van der Waals surface area contributed by atoms with Crippen LogP contribution in [0.3, 0.4) is 0 Å². The molecule has 1 amide bonds. The van der Waals surface area contributed by atoms with Gasteiger partial charge in [-0.3, -0.25) is 4.79 Å². The molecule has 4 aromatic rings. The van der Waals surface area contributed by atoms with Gasteiger partial charge in [-0.2, -0.15) is 0 Å². The fourth-order valence-corrected chi connectivity index (χ4v) is 8.79. The SMILES string of the molecule is O=C(O)C1O[C@@H](O[C@@H](CS[C@H]2C(=O)N(c3ccccc3)[C@@H]2c2ccc(-c3ccc(C4O[C@H](CO)[C@@H](O)[C@H](O)[C@H]4O)cc3)cc2O)c2ccc(F)cc2)C(O)[C@@H](O)[C@H]1O. The maximum Gasteiger partial charge on any atom is 0.335 e. The van der Waals surface area contributed by atoms with E-state index in [0.29, 0.717) is 33.5 Å². The summed E-state index contributed by atoms with van der Waals surface area (Å²) in [5.74, 6) is -2.60. The number of anilines is 1. The Balaban J connectivity index is 1.14. The quantitative estimate of drug-likeness (QED) is 0.0921. The summed E-state index contributed by atoms with van der Waals surface area (Å²) in [6.45, 7) is -0.563. The van der Waals surface area contributed by atoms with Gasteiger partial charge in [-0.1, -0.05) is 66.7 Å². The van der Waals surface area contributed by atoms with Crippen LogP contribution in [-0.4, -0.2) is 131 Å². The minimum atomic E-state index is -1.95. The molecule has 7 rings (SSSR count). The Morgan fingerprint density at radius 2 is 1.45 bits per heavy atom. The third kappa shape index (κ3) is 8.08. The molecule has 17 heteroatoms. The zero-order valence-electron chi connectivity index (χ0n) is 30.5. The first-order valence-electron chi connectivity index (χ1n) is 18.4. The maximum absolute atomic E-state index is 14.0. The van der Waals surface area contributed by atoms with Crippen LogP contribution in [0.4, 0.5) is 10.1 Å². The first-order valence-corrected chi connectivity index (χ1v) is 19.4. The van der Waals surface area contributed by atoms with Crippen LogP contribution in [0.5, 0.6) is 5.75 Å². The largest absolute Gasteiger partial charge is 0.508 e. The zero-order chi connectivity index (χ0) is 41.4. The number of carbonyl (C=O) groups excluding carboxylic acids is 1. The van der Waals surface area contributed by atoms with Crippen molar-refractivity contribution < 1.29 is 74.1 Å². The van der Waals surface area contributed by atoms with Crippen LogP contribution in [0.1, 0.15) is 34.9 Å². The summed E-state index contributed by atoms with van der Waals surface area (Å²) in [7, 11) is 0. The fraction of sp³-hybridized carbons (Fsp3) is 0.366. The van der Waals surface area contributed by atoms with Crippen LogP contribution < -0.4 is 4.90 Å². The van der Waals surface area contributed by atoms with Crippen molar-refractivity contribution in [3.05, 3.63) is 120 Å². The van der Waals surface area contributed by atoms with Gasteiger partial charge in [0.1, 0.15) is 65.6 Å². The number of nitrogens with zero attached hydrogens (tertiary/aromatic N) is 1. The molecule has 3 aliphatic rings. The van der Waals surface area contributed by atoms with E-state index < -0.39 is 97.0 Å². The number of β-lactam (4-membered cyclic amide) rings is 1. The average molecular weight is 824 g/mol. The Hall–Kier alpha value is -4.50. The predicted molar refractivity (Wildman–Crippen MR) is 204 cm³/mol. The zero-order valence-corrected chi connectivity index (χ0v) is 31.3. The summed E-state index contributed by atoms with van der Waals surface area (Å²) in [4.78, 5) is 27.2. The Bertz CT molecular complexity index is 2060. The molecular weight excluding hydrogens is 782 g/mol. The summed E-state index contributed by atoms with van der Waals surface area (Å²) < 4.78 is 31.0. The van der Waals surface area contributed by atoms with Gasteiger partial charge in [0, 0.05) is 17.0 Å². The van der Waals surface area contributed by atoms with Crippen LogP contribution in [0.2, 0.25) is 0 Å². The summed E-state index contributed by atoms with van der Waals surface area (Å²) in [6.07, 6.45) is -17.0. The van der Waals surface area contributed by atoms with Gasteiger partial charge < -0.3 is 65.1 Å². The van der Waals surface area contributed by atoms with Crippen molar-refractivity contribution in [3.8, 4) is 16.9 Å². The highest BCUT2D eigenvalue weighted by Gasteiger charge is 2.52. The topological polar surface area (TPSA) is 247 Å². The van der Waals surface area contributed by atoms with E-state index >= 15 is 0 Å². The van der Waals surface area contributed by atoms with E-state index in [4.69, 9.17) is 14.2 Å². The van der Waals surface area contributed by atoms with Crippen LogP contribution in [0, 0.1) is 5.82 Å². The Kier molecular flexibility index (Phi) is 12.5. The number of ether oxygens (including phenoxy) is 3. The van der Waals surface area contributed by atoms with E-state index in [0.717, 1.165) is 11.8 Å². The molecule has 0 aromatic heterocycles. The van der Waals surface area contributed by atoms with Crippen LogP contribution in [-0.2, 0) is 23.8 Å². The highest BCUT2D eigenvalue weighted by molar-refractivity contribution is 8.00. The second-order valence-electron chi connectivity index (χ2n) is 14.3. The van der Waals surface area contributed by atoms with E-state index in [2.05, 4.69) is 0 Å². The van der Waals surface area contributed by atoms with Gasteiger partial charge in [-0.15, -0.1) is 11.8 Å². The number of amides is 1. The van der Waals surface area contributed by atoms with Crippen molar-refractivity contribution in [1.82, 2.24) is 0 Å². The average Bonchev–Trinajstić information content (AvgIpc) is 3.22. The number of para-hydroxylation sites is 1. The van der Waals surface area contributed by atoms with E-state index in [1.54, 1.807) is 71.6 Å². The molecule has 308 valence electrons. The third-order valence-electron chi connectivity index (χ3n) is 10.7. The van der Waals surface area contributed by atoms with Crippen LogP contribution in [0.15, 0.2) is 97.1 Å². The molecule has 58 heavy (non-hydrogen) atoms. The number of hydrogen-bond acceptors (Lipinski definition) is 14. The minimum absolute atomic E-state index is 0.0240. The smallest absolute Gasteiger partial charge is 0.335 e. The number of aliphatic hydroxyl groups is 7. The number of hydrogen-bond donors (Lipinski definition) is 9. The predicted octanol–water partition coefficient (Wildman–Crippen LogP) is 1.55. The third-order valence-corrected chi connectivity index (χ3v) is 12.0. The monoisotopic (exact) mass is 823 g/mol. The number of aromatic hydroxyl groups is 1. The van der Waals surface area contributed by atoms with Crippen molar-refractivity contribution in [2.45, 2.75) is 78.6 Å². The van der Waals surface area contributed by atoms with E-state index in [1.807, 2.05) is 0 Å². The lowest BCUT2D eigenvalue weighted by Crippen LogP contribution is -2.60. The number of carbonyl (C=O) groups is 2. The van der Waals surface area contributed by atoms with Gasteiger partial charge >= 0.3 is 5.97 Å². The van der Waals surface area contributed by atoms with Gasteiger partial charge in [0.15, 0.2) is 12.4 Å². The second kappa shape index (κ2) is 17.4. The van der Waals surface area contributed by atoms with Gasteiger partial charge in [0.05, 0.1) is 18.8 Å².